The fourth-order valence-corrected chi connectivity index (χ4v) is 3.85. The average molecular weight is 373 g/mol. The fourth-order valence-electron chi connectivity index (χ4n) is 3.66. The molecule has 2 aromatic rings. The van der Waals surface area contributed by atoms with Crippen LogP contribution in [-0.4, -0.2) is 45.7 Å². The van der Waals surface area contributed by atoms with Crippen LogP contribution in [0.5, 0.6) is 0 Å². The van der Waals surface area contributed by atoms with Crippen LogP contribution in [0.4, 0.5) is 5.82 Å². The van der Waals surface area contributed by atoms with Gasteiger partial charge < -0.3 is 10.4 Å². The van der Waals surface area contributed by atoms with E-state index in [1.54, 1.807) is 6.07 Å². The van der Waals surface area contributed by atoms with E-state index in [-0.39, 0.29) is 18.6 Å². The molecule has 1 aliphatic heterocycles. The minimum absolute atomic E-state index is 0.149. The summed E-state index contributed by atoms with van der Waals surface area (Å²) in [6.07, 6.45) is 3.26. The van der Waals surface area contributed by atoms with Crippen LogP contribution in [0.15, 0.2) is 36.4 Å². The van der Waals surface area contributed by atoms with Gasteiger partial charge in [-0.15, -0.1) is 0 Å². The summed E-state index contributed by atoms with van der Waals surface area (Å²) < 4.78 is 0. The first-order chi connectivity index (χ1) is 12.7. The van der Waals surface area contributed by atoms with Crippen LogP contribution in [0, 0.1) is 5.92 Å². The summed E-state index contributed by atoms with van der Waals surface area (Å²) >= 11 is 6.19. The van der Waals surface area contributed by atoms with E-state index in [4.69, 9.17) is 11.6 Å². The highest BCUT2D eigenvalue weighted by molar-refractivity contribution is 6.29. The monoisotopic (exact) mass is 372 g/mol. The maximum atomic E-state index is 9.81. The number of likely N-dealkylation sites (tertiary alicyclic amines) is 1. The molecule has 26 heavy (non-hydrogen) atoms. The Hall–Kier alpha value is -1.69. The number of aliphatic hydroxyl groups is 1. The fraction of sp³-hybridized carbons (Fsp3) is 0.500. The molecule has 2 N–H and O–H groups in total. The molecule has 2 unspecified atom stereocenters. The van der Waals surface area contributed by atoms with Gasteiger partial charge in [-0.25, -0.2) is 9.97 Å². The highest BCUT2D eigenvalue weighted by atomic mass is 35.5. The number of aliphatic hydroxyl groups excluding tert-OH is 1. The van der Waals surface area contributed by atoms with Crippen molar-refractivity contribution in [2.24, 2.45) is 5.92 Å². The van der Waals surface area contributed by atoms with E-state index in [2.05, 4.69) is 44.5 Å². The molecule has 1 saturated carbocycles. The van der Waals surface area contributed by atoms with Gasteiger partial charge in [-0.1, -0.05) is 41.9 Å². The van der Waals surface area contributed by atoms with Gasteiger partial charge in [-0.2, -0.15) is 0 Å². The second-order valence-electron chi connectivity index (χ2n) is 7.41. The third kappa shape index (κ3) is 4.34. The lowest BCUT2D eigenvalue weighted by Crippen LogP contribution is -2.48. The van der Waals surface area contributed by atoms with Crippen LogP contribution in [0.1, 0.15) is 36.6 Å². The summed E-state index contributed by atoms with van der Waals surface area (Å²) in [4.78, 5) is 11.4. The Balaban J connectivity index is 1.46. The minimum Gasteiger partial charge on any atom is -0.396 e. The van der Waals surface area contributed by atoms with E-state index in [9.17, 15) is 5.11 Å². The van der Waals surface area contributed by atoms with Crippen molar-refractivity contribution in [1.82, 2.24) is 14.9 Å². The number of anilines is 1. The van der Waals surface area contributed by atoms with E-state index in [0.29, 0.717) is 11.1 Å². The number of benzene rings is 1. The van der Waals surface area contributed by atoms with Gasteiger partial charge in [0.15, 0.2) is 0 Å². The Labute approximate surface area is 159 Å². The van der Waals surface area contributed by atoms with Crippen molar-refractivity contribution in [2.75, 3.05) is 25.0 Å². The van der Waals surface area contributed by atoms with E-state index >= 15 is 0 Å². The molecular formula is C20H25ClN4O. The van der Waals surface area contributed by atoms with Gasteiger partial charge in [-0.05, 0) is 31.4 Å². The normalized spacial score (nSPS) is 23.8. The molecule has 2 aliphatic rings. The van der Waals surface area contributed by atoms with Crippen molar-refractivity contribution in [3.05, 3.63) is 52.9 Å². The lowest BCUT2D eigenvalue weighted by molar-refractivity contribution is 0.115. The maximum absolute atomic E-state index is 9.81. The Morgan fingerprint density at radius 3 is 2.69 bits per heavy atom. The summed E-state index contributed by atoms with van der Waals surface area (Å²) in [6, 6.07) is 12.5. The summed E-state index contributed by atoms with van der Waals surface area (Å²) in [5, 5.41) is 13.8. The Bertz CT molecular complexity index is 738. The molecule has 6 heteroatoms. The highest BCUT2D eigenvalue weighted by Crippen LogP contribution is 2.39. The predicted octanol–water partition coefficient (Wildman–Crippen LogP) is 3.30. The first-order valence-electron chi connectivity index (χ1n) is 9.39. The van der Waals surface area contributed by atoms with Crippen molar-refractivity contribution in [3.8, 4) is 0 Å². The molecule has 0 radical (unpaired) electrons. The van der Waals surface area contributed by atoms with Gasteiger partial charge in [-0.3, -0.25) is 4.90 Å². The lowest BCUT2D eigenvalue weighted by Gasteiger charge is -2.38. The smallest absolute Gasteiger partial charge is 0.135 e. The number of hydrogen-bond acceptors (Lipinski definition) is 5. The van der Waals surface area contributed by atoms with E-state index in [0.717, 1.165) is 50.5 Å². The van der Waals surface area contributed by atoms with Crippen molar-refractivity contribution in [2.45, 2.75) is 37.8 Å². The third-order valence-electron chi connectivity index (χ3n) is 5.31. The molecule has 2 fully saturated rings. The standard InChI is InChI=1S/C20H25ClN4O/c21-18-10-19(24-20(23-18)15-6-7-15)22-17-12-25(9-8-16(17)13-26)11-14-4-2-1-3-5-14/h1-5,10,15-17,26H,6-9,11-13H2,(H,22,23,24). The summed E-state index contributed by atoms with van der Waals surface area (Å²) in [6.45, 7) is 2.98. The molecule has 2 heterocycles. The molecule has 0 amide bonds. The molecule has 0 bridgehead atoms. The summed E-state index contributed by atoms with van der Waals surface area (Å²) in [5.74, 6) is 2.30. The van der Waals surface area contributed by atoms with Crippen molar-refractivity contribution in [3.63, 3.8) is 0 Å². The highest BCUT2D eigenvalue weighted by Gasteiger charge is 2.30. The third-order valence-corrected chi connectivity index (χ3v) is 5.51. The van der Waals surface area contributed by atoms with E-state index < -0.39 is 0 Å². The van der Waals surface area contributed by atoms with Crippen molar-refractivity contribution >= 4 is 17.4 Å². The number of aromatic nitrogens is 2. The van der Waals surface area contributed by atoms with Crippen LogP contribution < -0.4 is 5.32 Å². The number of rotatable bonds is 6. The lowest BCUT2D eigenvalue weighted by atomic mass is 9.92. The summed E-state index contributed by atoms with van der Waals surface area (Å²) in [5.41, 5.74) is 1.31. The van der Waals surface area contributed by atoms with Gasteiger partial charge in [0, 0.05) is 43.6 Å². The van der Waals surface area contributed by atoms with Gasteiger partial charge in [0.1, 0.15) is 16.8 Å². The molecule has 5 nitrogen and oxygen atoms in total. The molecule has 1 aliphatic carbocycles. The minimum atomic E-state index is 0.149. The first-order valence-corrected chi connectivity index (χ1v) is 9.77. The van der Waals surface area contributed by atoms with Crippen molar-refractivity contribution in [1.29, 1.82) is 0 Å². The number of halogens is 1. The van der Waals surface area contributed by atoms with Gasteiger partial charge in [0.25, 0.3) is 0 Å². The first kappa shape index (κ1) is 17.7. The molecule has 2 atom stereocenters. The topological polar surface area (TPSA) is 61.3 Å². The molecular weight excluding hydrogens is 348 g/mol. The number of hydrogen-bond donors (Lipinski definition) is 2. The van der Waals surface area contributed by atoms with Crippen LogP contribution in [-0.2, 0) is 6.54 Å². The van der Waals surface area contributed by atoms with Gasteiger partial charge >= 0.3 is 0 Å². The zero-order chi connectivity index (χ0) is 17.9. The SMILES string of the molecule is OCC1CCN(Cc2ccccc2)CC1Nc1cc(Cl)nc(C2CC2)n1. The van der Waals surface area contributed by atoms with Crippen LogP contribution in [0.2, 0.25) is 5.15 Å². The quantitative estimate of drug-likeness (QED) is 0.762. The largest absolute Gasteiger partial charge is 0.396 e. The second-order valence-corrected chi connectivity index (χ2v) is 7.80. The Morgan fingerprint density at radius 1 is 1.15 bits per heavy atom. The second kappa shape index (κ2) is 7.91. The molecule has 4 rings (SSSR count). The molecule has 1 aromatic heterocycles. The summed E-state index contributed by atoms with van der Waals surface area (Å²) in [7, 11) is 0. The average Bonchev–Trinajstić information content (AvgIpc) is 3.48. The number of nitrogens with one attached hydrogen (secondary N) is 1. The molecule has 1 aromatic carbocycles. The van der Waals surface area contributed by atoms with Gasteiger partial charge in [0.05, 0.1) is 0 Å². The number of nitrogens with zero attached hydrogens (tertiary/aromatic N) is 3. The molecule has 0 spiro atoms. The van der Waals surface area contributed by atoms with Crippen LogP contribution in [0.3, 0.4) is 0 Å². The predicted molar refractivity (Wildman–Crippen MR) is 103 cm³/mol. The Morgan fingerprint density at radius 2 is 1.96 bits per heavy atom. The number of piperidine rings is 1. The van der Waals surface area contributed by atoms with Crippen LogP contribution in [0.25, 0.3) is 0 Å². The van der Waals surface area contributed by atoms with Gasteiger partial charge in [0.2, 0.25) is 0 Å². The van der Waals surface area contributed by atoms with Crippen molar-refractivity contribution < 1.29 is 5.11 Å². The maximum Gasteiger partial charge on any atom is 0.135 e. The zero-order valence-electron chi connectivity index (χ0n) is 14.8. The zero-order valence-corrected chi connectivity index (χ0v) is 15.6. The molecule has 138 valence electrons. The van der Waals surface area contributed by atoms with E-state index in [1.807, 2.05) is 6.07 Å². The Kier molecular flexibility index (Phi) is 5.38. The van der Waals surface area contributed by atoms with E-state index in [1.165, 1.54) is 5.56 Å². The van der Waals surface area contributed by atoms with Crippen LogP contribution >= 0.6 is 11.6 Å². The molecule has 1 saturated heterocycles.